The van der Waals surface area contributed by atoms with Gasteiger partial charge in [0.15, 0.2) is 0 Å². The highest BCUT2D eigenvalue weighted by Crippen LogP contribution is 2.18. The molecule has 1 N–H and O–H groups in total. The number of rotatable bonds is 7. The summed E-state index contributed by atoms with van der Waals surface area (Å²) in [5.74, 6) is 1.52. The summed E-state index contributed by atoms with van der Waals surface area (Å²) in [4.78, 5) is 4.49. The van der Waals surface area contributed by atoms with E-state index in [-0.39, 0.29) is 6.04 Å². The Balaban J connectivity index is 2.01. The van der Waals surface area contributed by atoms with Gasteiger partial charge in [-0.1, -0.05) is 19.1 Å². The first kappa shape index (κ1) is 17.7. The average molecular weight is 337 g/mol. The SMILES string of the molecule is CCc1cnc(CN[C@H](C)c2ccc(S(=O)(=O)N(C)C)cc2)o1. The van der Waals surface area contributed by atoms with Crippen LogP contribution in [0.2, 0.25) is 0 Å². The zero-order chi connectivity index (χ0) is 17.0. The molecule has 0 aliphatic heterocycles. The molecule has 23 heavy (non-hydrogen) atoms. The van der Waals surface area contributed by atoms with Crippen LogP contribution in [-0.4, -0.2) is 31.8 Å². The molecule has 2 aromatic rings. The smallest absolute Gasteiger partial charge is 0.242 e. The highest BCUT2D eigenvalue weighted by molar-refractivity contribution is 7.89. The van der Waals surface area contributed by atoms with Gasteiger partial charge in [-0.3, -0.25) is 0 Å². The number of aryl methyl sites for hydroxylation is 1. The first-order valence-corrected chi connectivity index (χ1v) is 8.98. The van der Waals surface area contributed by atoms with E-state index in [0.29, 0.717) is 17.3 Å². The van der Waals surface area contributed by atoms with Crippen LogP contribution in [0.15, 0.2) is 39.8 Å². The number of aromatic nitrogens is 1. The maximum Gasteiger partial charge on any atom is 0.242 e. The quantitative estimate of drug-likeness (QED) is 0.839. The molecule has 1 aromatic heterocycles. The Morgan fingerprint density at radius 2 is 1.91 bits per heavy atom. The zero-order valence-corrected chi connectivity index (χ0v) is 14.7. The lowest BCUT2D eigenvalue weighted by molar-refractivity contribution is 0.424. The van der Waals surface area contributed by atoms with Crippen molar-refractivity contribution in [1.82, 2.24) is 14.6 Å². The standard InChI is InChI=1S/C16H23N3O3S/c1-5-14-10-18-16(22-14)11-17-12(2)13-6-8-15(9-7-13)23(20,21)19(3)4/h6-10,12,17H,5,11H2,1-4H3/t12-/m1/s1. The van der Waals surface area contributed by atoms with Gasteiger partial charge in [0.05, 0.1) is 17.6 Å². The fraction of sp³-hybridized carbons (Fsp3) is 0.438. The van der Waals surface area contributed by atoms with Gasteiger partial charge >= 0.3 is 0 Å². The second-order valence-electron chi connectivity index (χ2n) is 5.53. The Bertz CT molecular complexity index is 736. The Morgan fingerprint density at radius 1 is 1.26 bits per heavy atom. The summed E-state index contributed by atoms with van der Waals surface area (Å²) in [6, 6.07) is 6.96. The van der Waals surface area contributed by atoms with Crippen LogP contribution in [0, 0.1) is 0 Å². The maximum absolute atomic E-state index is 12.0. The monoisotopic (exact) mass is 337 g/mol. The van der Waals surface area contributed by atoms with Crippen LogP contribution in [0.3, 0.4) is 0 Å². The molecule has 0 fully saturated rings. The Morgan fingerprint density at radius 3 is 2.43 bits per heavy atom. The zero-order valence-electron chi connectivity index (χ0n) is 13.9. The van der Waals surface area contributed by atoms with Gasteiger partial charge in [-0.15, -0.1) is 0 Å². The molecule has 1 aromatic carbocycles. The predicted molar refractivity (Wildman–Crippen MR) is 88.5 cm³/mol. The first-order chi connectivity index (χ1) is 10.8. The van der Waals surface area contributed by atoms with Crippen LogP contribution in [0.25, 0.3) is 0 Å². The lowest BCUT2D eigenvalue weighted by atomic mass is 10.1. The molecule has 126 valence electrons. The van der Waals surface area contributed by atoms with Gasteiger partial charge in [0.25, 0.3) is 0 Å². The van der Waals surface area contributed by atoms with Gasteiger partial charge in [-0.2, -0.15) is 0 Å². The molecule has 0 saturated heterocycles. The Kier molecular flexibility index (Phi) is 5.56. The van der Waals surface area contributed by atoms with E-state index in [1.807, 2.05) is 26.0 Å². The van der Waals surface area contributed by atoms with Crippen molar-refractivity contribution in [2.75, 3.05) is 14.1 Å². The third kappa shape index (κ3) is 4.19. The summed E-state index contributed by atoms with van der Waals surface area (Å²) >= 11 is 0. The molecule has 1 heterocycles. The predicted octanol–water partition coefficient (Wildman–Crippen LogP) is 2.34. The van der Waals surface area contributed by atoms with E-state index in [1.54, 1.807) is 18.3 Å². The first-order valence-electron chi connectivity index (χ1n) is 7.54. The largest absolute Gasteiger partial charge is 0.444 e. The summed E-state index contributed by atoms with van der Waals surface area (Å²) in [6.07, 6.45) is 2.56. The van der Waals surface area contributed by atoms with Crippen molar-refractivity contribution in [1.29, 1.82) is 0 Å². The number of benzene rings is 1. The van der Waals surface area contributed by atoms with Crippen LogP contribution in [0.4, 0.5) is 0 Å². The molecule has 0 aliphatic rings. The fourth-order valence-corrected chi connectivity index (χ4v) is 2.99. The normalized spacial score (nSPS) is 13.4. The van der Waals surface area contributed by atoms with Crippen LogP contribution in [0.5, 0.6) is 0 Å². The minimum absolute atomic E-state index is 0.0584. The summed E-state index contributed by atoms with van der Waals surface area (Å²) in [6.45, 7) is 4.56. The second kappa shape index (κ2) is 7.25. The van der Waals surface area contributed by atoms with Gasteiger partial charge in [-0.25, -0.2) is 17.7 Å². The van der Waals surface area contributed by atoms with E-state index in [1.165, 1.54) is 18.4 Å². The molecule has 0 aliphatic carbocycles. The van der Waals surface area contributed by atoms with E-state index in [4.69, 9.17) is 4.42 Å². The lowest BCUT2D eigenvalue weighted by Gasteiger charge is -2.15. The molecule has 0 amide bonds. The number of hydrogen-bond donors (Lipinski definition) is 1. The number of nitrogens with zero attached hydrogens (tertiary/aromatic N) is 2. The average Bonchev–Trinajstić information content (AvgIpc) is 3.00. The number of sulfonamides is 1. The van der Waals surface area contributed by atoms with E-state index in [0.717, 1.165) is 17.7 Å². The highest BCUT2D eigenvalue weighted by Gasteiger charge is 2.17. The summed E-state index contributed by atoms with van der Waals surface area (Å²) in [5.41, 5.74) is 1.00. The fourth-order valence-electron chi connectivity index (χ4n) is 2.09. The van der Waals surface area contributed by atoms with Crippen molar-refractivity contribution < 1.29 is 12.8 Å². The summed E-state index contributed by atoms with van der Waals surface area (Å²) in [5, 5.41) is 3.32. The summed E-state index contributed by atoms with van der Waals surface area (Å²) < 4.78 is 30.8. The number of oxazole rings is 1. The van der Waals surface area contributed by atoms with Gasteiger partial charge in [0.2, 0.25) is 15.9 Å². The van der Waals surface area contributed by atoms with Crippen molar-refractivity contribution in [3.05, 3.63) is 47.7 Å². The molecule has 0 spiro atoms. The van der Waals surface area contributed by atoms with Crippen molar-refractivity contribution in [2.24, 2.45) is 0 Å². The van der Waals surface area contributed by atoms with Crippen molar-refractivity contribution in [3.8, 4) is 0 Å². The number of hydrogen-bond acceptors (Lipinski definition) is 5. The second-order valence-corrected chi connectivity index (χ2v) is 7.68. The molecule has 0 radical (unpaired) electrons. The minimum Gasteiger partial charge on any atom is -0.444 e. The van der Waals surface area contributed by atoms with Gasteiger partial charge in [0.1, 0.15) is 5.76 Å². The molecule has 7 heteroatoms. The van der Waals surface area contributed by atoms with Crippen LogP contribution in [0.1, 0.15) is 37.1 Å². The molecule has 1 atom stereocenters. The van der Waals surface area contributed by atoms with E-state index in [2.05, 4.69) is 10.3 Å². The van der Waals surface area contributed by atoms with Gasteiger partial charge in [-0.05, 0) is 24.6 Å². The molecule has 2 rings (SSSR count). The molecule has 0 bridgehead atoms. The highest BCUT2D eigenvalue weighted by atomic mass is 32.2. The van der Waals surface area contributed by atoms with Crippen molar-refractivity contribution in [2.45, 2.75) is 37.8 Å². The molecule has 0 saturated carbocycles. The van der Waals surface area contributed by atoms with Gasteiger partial charge < -0.3 is 9.73 Å². The van der Waals surface area contributed by atoms with E-state index < -0.39 is 10.0 Å². The lowest BCUT2D eigenvalue weighted by Crippen LogP contribution is -2.22. The van der Waals surface area contributed by atoms with Gasteiger partial charge in [0, 0.05) is 26.6 Å². The maximum atomic E-state index is 12.0. The molecular weight excluding hydrogens is 314 g/mol. The van der Waals surface area contributed by atoms with Crippen molar-refractivity contribution >= 4 is 10.0 Å². The third-order valence-electron chi connectivity index (χ3n) is 3.67. The Labute approximate surface area is 137 Å². The summed E-state index contributed by atoms with van der Waals surface area (Å²) in [7, 11) is -0.343. The van der Waals surface area contributed by atoms with Crippen LogP contribution >= 0.6 is 0 Å². The van der Waals surface area contributed by atoms with E-state index >= 15 is 0 Å². The third-order valence-corrected chi connectivity index (χ3v) is 5.50. The van der Waals surface area contributed by atoms with Crippen molar-refractivity contribution in [3.63, 3.8) is 0 Å². The van der Waals surface area contributed by atoms with Crippen LogP contribution in [-0.2, 0) is 23.0 Å². The minimum atomic E-state index is -3.39. The number of nitrogens with one attached hydrogen (secondary N) is 1. The van der Waals surface area contributed by atoms with Crippen LogP contribution < -0.4 is 5.32 Å². The molecular formula is C16H23N3O3S. The topological polar surface area (TPSA) is 75.4 Å². The Hall–Kier alpha value is -1.70. The molecule has 6 nitrogen and oxygen atoms in total. The molecule has 0 unspecified atom stereocenters. The van der Waals surface area contributed by atoms with E-state index in [9.17, 15) is 8.42 Å².